The molecule has 1 saturated heterocycles. The van der Waals surface area contributed by atoms with Gasteiger partial charge in [-0.3, -0.25) is 4.90 Å². The number of piperazine rings is 1. The van der Waals surface area contributed by atoms with Gasteiger partial charge in [-0.25, -0.2) is 4.79 Å². The van der Waals surface area contributed by atoms with Gasteiger partial charge in [0.15, 0.2) is 0 Å². The monoisotopic (exact) mass is 340 g/mol. The third kappa shape index (κ3) is 5.59. The number of rotatable bonds is 7. The molecule has 1 aliphatic heterocycles. The van der Waals surface area contributed by atoms with Crippen molar-refractivity contribution >= 4 is 5.97 Å². The first-order valence-corrected chi connectivity index (χ1v) is 8.68. The molecule has 5 heteroatoms. The summed E-state index contributed by atoms with van der Waals surface area (Å²) >= 11 is 0. The molecule has 3 rings (SSSR count). The Hall–Kier alpha value is -2.37. The Bertz CT molecular complexity index is 652. The second kappa shape index (κ2) is 9.20. The summed E-state index contributed by atoms with van der Waals surface area (Å²) < 4.78 is 11.1. The van der Waals surface area contributed by atoms with Gasteiger partial charge < -0.3 is 14.8 Å². The van der Waals surface area contributed by atoms with E-state index in [-0.39, 0.29) is 12.6 Å². The molecule has 0 amide bonds. The van der Waals surface area contributed by atoms with Crippen molar-refractivity contribution in [2.45, 2.75) is 6.61 Å². The van der Waals surface area contributed by atoms with Gasteiger partial charge in [-0.1, -0.05) is 30.3 Å². The lowest BCUT2D eigenvalue weighted by atomic mass is 10.2. The molecular weight excluding hydrogens is 316 g/mol. The van der Waals surface area contributed by atoms with E-state index in [4.69, 9.17) is 9.47 Å². The average molecular weight is 340 g/mol. The van der Waals surface area contributed by atoms with Crippen molar-refractivity contribution in [2.24, 2.45) is 0 Å². The van der Waals surface area contributed by atoms with E-state index in [1.165, 1.54) is 0 Å². The van der Waals surface area contributed by atoms with Crippen molar-refractivity contribution in [3.63, 3.8) is 0 Å². The Morgan fingerprint density at radius 1 is 1.00 bits per heavy atom. The highest BCUT2D eigenvalue weighted by Gasteiger charge is 2.10. The molecule has 132 valence electrons. The Balaban J connectivity index is 1.42. The number of carbonyl (C=O) groups excluding carboxylic acids is 1. The predicted molar refractivity (Wildman–Crippen MR) is 96.8 cm³/mol. The highest BCUT2D eigenvalue weighted by molar-refractivity contribution is 5.89. The molecule has 0 unspecified atom stereocenters. The molecule has 0 radical (unpaired) electrons. The van der Waals surface area contributed by atoms with Crippen LogP contribution in [-0.4, -0.2) is 50.2 Å². The van der Waals surface area contributed by atoms with Gasteiger partial charge in [0.2, 0.25) is 0 Å². The zero-order valence-electron chi connectivity index (χ0n) is 14.3. The number of hydrogen-bond donors (Lipinski definition) is 1. The van der Waals surface area contributed by atoms with E-state index in [1.807, 2.05) is 42.5 Å². The topological polar surface area (TPSA) is 50.8 Å². The number of benzene rings is 2. The van der Waals surface area contributed by atoms with Crippen LogP contribution in [0.25, 0.3) is 0 Å². The Kier molecular flexibility index (Phi) is 6.42. The van der Waals surface area contributed by atoms with Crippen molar-refractivity contribution in [3.05, 3.63) is 65.7 Å². The number of nitrogens with one attached hydrogen (secondary N) is 1. The first kappa shape index (κ1) is 17.5. The third-order valence-corrected chi connectivity index (χ3v) is 4.19. The molecule has 0 saturated carbocycles. The first-order valence-electron chi connectivity index (χ1n) is 8.68. The van der Waals surface area contributed by atoms with Crippen molar-refractivity contribution in [1.29, 1.82) is 0 Å². The average Bonchev–Trinajstić information content (AvgIpc) is 2.68. The summed E-state index contributed by atoms with van der Waals surface area (Å²) in [6.45, 7) is 6.06. The molecule has 1 heterocycles. The molecule has 0 spiro atoms. The molecule has 1 N–H and O–H groups in total. The maximum Gasteiger partial charge on any atom is 0.338 e. The van der Waals surface area contributed by atoms with Gasteiger partial charge in [-0.15, -0.1) is 0 Å². The maximum absolute atomic E-state index is 12.1. The van der Waals surface area contributed by atoms with Crippen molar-refractivity contribution in [3.8, 4) is 5.75 Å². The molecule has 2 aromatic carbocycles. The lowest BCUT2D eigenvalue weighted by molar-refractivity contribution is 0.0472. The highest BCUT2D eigenvalue weighted by Crippen LogP contribution is 2.14. The van der Waals surface area contributed by atoms with Crippen molar-refractivity contribution in [1.82, 2.24) is 10.2 Å². The quantitative estimate of drug-likeness (QED) is 0.784. The molecule has 1 fully saturated rings. The molecule has 5 nitrogen and oxygen atoms in total. The smallest absolute Gasteiger partial charge is 0.338 e. The summed E-state index contributed by atoms with van der Waals surface area (Å²) in [5.74, 6) is 0.450. The molecule has 0 aliphatic carbocycles. The standard InChI is InChI=1S/C20H24N2O3/c23-20(25-16-17-4-2-1-3-5-17)18-6-8-19(9-7-18)24-15-14-22-12-10-21-11-13-22/h1-9,21H,10-16H2. The van der Waals surface area contributed by atoms with E-state index in [0.717, 1.165) is 44.0 Å². The summed E-state index contributed by atoms with van der Waals surface area (Å²) in [5.41, 5.74) is 1.51. The highest BCUT2D eigenvalue weighted by atomic mass is 16.5. The Morgan fingerprint density at radius 2 is 1.72 bits per heavy atom. The number of carbonyl (C=O) groups is 1. The summed E-state index contributed by atoms with van der Waals surface area (Å²) in [4.78, 5) is 14.5. The van der Waals surface area contributed by atoms with Gasteiger partial charge in [0.05, 0.1) is 5.56 Å². The van der Waals surface area contributed by atoms with Gasteiger partial charge in [-0.05, 0) is 29.8 Å². The lowest BCUT2D eigenvalue weighted by Gasteiger charge is -2.26. The van der Waals surface area contributed by atoms with Gasteiger partial charge >= 0.3 is 5.97 Å². The molecule has 2 aromatic rings. The molecule has 0 atom stereocenters. The Labute approximate surface area is 148 Å². The molecular formula is C20H24N2O3. The molecule has 1 aliphatic rings. The first-order chi connectivity index (χ1) is 12.3. The minimum Gasteiger partial charge on any atom is -0.492 e. The van der Waals surface area contributed by atoms with Crippen LogP contribution < -0.4 is 10.1 Å². The zero-order valence-corrected chi connectivity index (χ0v) is 14.3. The number of ether oxygens (including phenoxy) is 2. The van der Waals surface area contributed by atoms with Crippen LogP contribution in [0.5, 0.6) is 5.75 Å². The maximum atomic E-state index is 12.1. The van der Waals surface area contributed by atoms with E-state index >= 15 is 0 Å². The van der Waals surface area contributed by atoms with Crippen LogP contribution in [-0.2, 0) is 11.3 Å². The van der Waals surface area contributed by atoms with Gasteiger partial charge in [0.25, 0.3) is 0 Å². The van der Waals surface area contributed by atoms with Crippen LogP contribution in [0, 0.1) is 0 Å². The Morgan fingerprint density at radius 3 is 2.44 bits per heavy atom. The van der Waals surface area contributed by atoms with E-state index in [2.05, 4.69) is 10.2 Å². The fourth-order valence-electron chi connectivity index (χ4n) is 2.72. The second-order valence-corrected chi connectivity index (χ2v) is 6.03. The van der Waals surface area contributed by atoms with Gasteiger partial charge in [0.1, 0.15) is 19.0 Å². The van der Waals surface area contributed by atoms with Gasteiger partial charge in [-0.2, -0.15) is 0 Å². The molecule has 25 heavy (non-hydrogen) atoms. The molecule has 0 bridgehead atoms. The van der Waals surface area contributed by atoms with Crippen molar-refractivity contribution < 1.29 is 14.3 Å². The fourth-order valence-corrected chi connectivity index (χ4v) is 2.72. The summed E-state index contributed by atoms with van der Waals surface area (Å²) in [6, 6.07) is 16.8. The van der Waals surface area contributed by atoms with Crippen LogP contribution in [0.15, 0.2) is 54.6 Å². The summed E-state index contributed by atoms with van der Waals surface area (Å²) in [7, 11) is 0. The van der Waals surface area contributed by atoms with Crippen LogP contribution in [0.3, 0.4) is 0 Å². The summed E-state index contributed by atoms with van der Waals surface area (Å²) in [5, 5.41) is 3.33. The van der Waals surface area contributed by atoms with Crippen LogP contribution in [0.2, 0.25) is 0 Å². The number of esters is 1. The third-order valence-electron chi connectivity index (χ3n) is 4.19. The second-order valence-electron chi connectivity index (χ2n) is 6.03. The minimum atomic E-state index is -0.323. The van der Waals surface area contributed by atoms with Crippen LogP contribution >= 0.6 is 0 Å². The summed E-state index contributed by atoms with van der Waals surface area (Å²) in [6.07, 6.45) is 0. The predicted octanol–water partition coefficient (Wildman–Crippen LogP) is 2.33. The SMILES string of the molecule is O=C(OCc1ccccc1)c1ccc(OCCN2CCNCC2)cc1. The normalized spacial score (nSPS) is 14.9. The van der Waals surface area contributed by atoms with E-state index < -0.39 is 0 Å². The largest absolute Gasteiger partial charge is 0.492 e. The minimum absolute atomic E-state index is 0.280. The number of hydrogen-bond acceptors (Lipinski definition) is 5. The molecule has 0 aromatic heterocycles. The van der Waals surface area contributed by atoms with Crippen LogP contribution in [0.1, 0.15) is 15.9 Å². The van der Waals surface area contributed by atoms with E-state index in [1.54, 1.807) is 12.1 Å². The number of nitrogens with zero attached hydrogens (tertiary/aromatic N) is 1. The fraction of sp³-hybridized carbons (Fsp3) is 0.350. The lowest BCUT2D eigenvalue weighted by Crippen LogP contribution is -2.44. The van der Waals surface area contributed by atoms with Gasteiger partial charge in [0, 0.05) is 32.7 Å². The van der Waals surface area contributed by atoms with Crippen molar-refractivity contribution in [2.75, 3.05) is 39.3 Å². The zero-order chi connectivity index (χ0) is 17.3. The van der Waals surface area contributed by atoms with E-state index in [9.17, 15) is 4.79 Å². The van der Waals surface area contributed by atoms with Crippen LogP contribution in [0.4, 0.5) is 0 Å². The van der Waals surface area contributed by atoms with E-state index in [0.29, 0.717) is 12.2 Å².